The highest BCUT2D eigenvalue weighted by atomic mass is 32.2. The highest BCUT2D eigenvalue weighted by Crippen LogP contribution is 2.28. The SMILES string of the molecule is CCS(=O)(=O)C[C@H](C)NC(=O)N1CCC([C@H]2CCCO2)CC1. The molecule has 0 aromatic carbocycles. The molecule has 0 radical (unpaired) electrons. The van der Waals surface area contributed by atoms with E-state index in [-0.39, 0.29) is 23.6 Å². The number of sulfone groups is 1. The fraction of sp³-hybridized carbons (Fsp3) is 0.933. The van der Waals surface area contributed by atoms with Crippen molar-refractivity contribution in [2.24, 2.45) is 5.92 Å². The zero-order valence-electron chi connectivity index (χ0n) is 13.6. The Labute approximate surface area is 133 Å². The van der Waals surface area contributed by atoms with Crippen LogP contribution in [0.2, 0.25) is 0 Å². The number of hydrogen-bond donors (Lipinski definition) is 1. The molecule has 2 aliphatic heterocycles. The van der Waals surface area contributed by atoms with E-state index in [0.717, 1.165) is 45.4 Å². The van der Waals surface area contributed by atoms with Crippen molar-refractivity contribution in [2.45, 2.75) is 51.7 Å². The number of carbonyl (C=O) groups excluding carboxylic acids is 1. The number of nitrogens with zero attached hydrogens (tertiary/aromatic N) is 1. The van der Waals surface area contributed by atoms with Crippen LogP contribution in [0.25, 0.3) is 0 Å². The molecule has 7 heteroatoms. The second-order valence-electron chi connectivity index (χ2n) is 6.43. The lowest BCUT2D eigenvalue weighted by molar-refractivity contribution is 0.0371. The fourth-order valence-electron chi connectivity index (χ4n) is 3.29. The summed E-state index contributed by atoms with van der Waals surface area (Å²) in [6.07, 6.45) is 4.61. The van der Waals surface area contributed by atoms with Crippen LogP contribution < -0.4 is 5.32 Å². The molecule has 0 aromatic heterocycles. The Hall–Kier alpha value is -0.820. The van der Waals surface area contributed by atoms with E-state index in [9.17, 15) is 13.2 Å². The van der Waals surface area contributed by atoms with Crippen molar-refractivity contribution in [3.63, 3.8) is 0 Å². The van der Waals surface area contributed by atoms with Crippen molar-refractivity contribution < 1.29 is 17.9 Å². The molecule has 2 amide bonds. The lowest BCUT2D eigenvalue weighted by atomic mass is 9.90. The van der Waals surface area contributed by atoms with E-state index >= 15 is 0 Å². The predicted molar refractivity (Wildman–Crippen MR) is 85.6 cm³/mol. The molecule has 1 N–H and O–H groups in total. The Balaban J connectivity index is 1.75. The van der Waals surface area contributed by atoms with Gasteiger partial charge in [-0.15, -0.1) is 0 Å². The summed E-state index contributed by atoms with van der Waals surface area (Å²) in [7, 11) is -3.06. The molecule has 0 aliphatic carbocycles. The summed E-state index contributed by atoms with van der Waals surface area (Å²) in [5.74, 6) is 0.672. The third kappa shape index (κ3) is 4.84. The van der Waals surface area contributed by atoms with Gasteiger partial charge in [-0.3, -0.25) is 0 Å². The molecule has 0 spiro atoms. The van der Waals surface area contributed by atoms with E-state index in [1.807, 2.05) is 0 Å². The normalized spacial score (nSPS) is 25.2. The number of rotatable bonds is 5. The van der Waals surface area contributed by atoms with Crippen molar-refractivity contribution in [1.82, 2.24) is 10.2 Å². The van der Waals surface area contributed by atoms with Gasteiger partial charge in [-0.2, -0.15) is 0 Å². The summed E-state index contributed by atoms with van der Waals surface area (Å²) in [4.78, 5) is 14.0. The number of piperidine rings is 1. The van der Waals surface area contributed by atoms with Gasteiger partial charge in [-0.05, 0) is 38.5 Å². The quantitative estimate of drug-likeness (QED) is 0.826. The molecule has 2 aliphatic rings. The van der Waals surface area contributed by atoms with Crippen molar-refractivity contribution in [2.75, 3.05) is 31.2 Å². The van der Waals surface area contributed by atoms with Gasteiger partial charge in [0.05, 0.1) is 11.9 Å². The van der Waals surface area contributed by atoms with Gasteiger partial charge in [0.25, 0.3) is 0 Å². The molecule has 0 unspecified atom stereocenters. The van der Waals surface area contributed by atoms with Crippen LogP contribution in [0.3, 0.4) is 0 Å². The van der Waals surface area contributed by atoms with Crippen molar-refractivity contribution in [3.8, 4) is 0 Å². The number of urea groups is 1. The summed E-state index contributed by atoms with van der Waals surface area (Å²) in [6, 6.07) is -0.502. The number of nitrogens with one attached hydrogen (secondary N) is 1. The van der Waals surface area contributed by atoms with Gasteiger partial charge in [0.1, 0.15) is 0 Å². The molecular formula is C15H28N2O4S. The van der Waals surface area contributed by atoms with Crippen LogP contribution in [-0.4, -0.2) is 62.7 Å². The Morgan fingerprint density at radius 3 is 2.55 bits per heavy atom. The Kier molecular flexibility index (Phi) is 6.09. The second-order valence-corrected chi connectivity index (χ2v) is 8.82. The topological polar surface area (TPSA) is 75.7 Å². The predicted octanol–water partition coefficient (Wildman–Crippen LogP) is 1.41. The standard InChI is InChI=1S/C15H28N2O4S/c1-3-22(19,20)11-12(2)16-15(18)17-8-6-13(7-9-17)14-5-4-10-21-14/h12-14H,3-11H2,1-2H3,(H,16,18)/t12-,14+/m0/s1. The average Bonchev–Trinajstić information content (AvgIpc) is 3.01. The summed E-state index contributed by atoms with van der Waals surface area (Å²) in [5, 5.41) is 2.80. The molecule has 6 nitrogen and oxygen atoms in total. The van der Waals surface area contributed by atoms with Crippen LogP contribution in [0.5, 0.6) is 0 Å². The molecule has 0 aromatic rings. The first-order valence-corrected chi connectivity index (χ1v) is 10.1. The number of carbonyl (C=O) groups is 1. The molecular weight excluding hydrogens is 304 g/mol. The number of ether oxygens (including phenoxy) is 1. The summed E-state index contributed by atoms with van der Waals surface area (Å²) in [6.45, 7) is 5.69. The number of likely N-dealkylation sites (tertiary alicyclic amines) is 1. The van der Waals surface area contributed by atoms with Crippen LogP contribution in [0.4, 0.5) is 4.79 Å². The smallest absolute Gasteiger partial charge is 0.317 e. The van der Waals surface area contributed by atoms with E-state index in [0.29, 0.717) is 12.0 Å². The lowest BCUT2D eigenvalue weighted by Crippen LogP contribution is -2.49. The summed E-state index contributed by atoms with van der Waals surface area (Å²) >= 11 is 0. The third-order valence-electron chi connectivity index (χ3n) is 4.63. The highest BCUT2D eigenvalue weighted by molar-refractivity contribution is 7.91. The fourth-order valence-corrected chi connectivity index (χ4v) is 4.37. The number of hydrogen-bond acceptors (Lipinski definition) is 4. The minimum absolute atomic E-state index is 0.00161. The third-order valence-corrected chi connectivity index (χ3v) is 6.52. The van der Waals surface area contributed by atoms with Crippen LogP contribution in [0, 0.1) is 5.92 Å². The average molecular weight is 332 g/mol. The first-order chi connectivity index (χ1) is 10.4. The van der Waals surface area contributed by atoms with Crippen molar-refractivity contribution in [1.29, 1.82) is 0 Å². The highest BCUT2D eigenvalue weighted by Gasteiger charge is 2.31. The molecule has 128 valence electrons. The lowest BCUT2D eigenvalue weighted by Gasteiger charge is -2.35. The van der Waals surface area contributed by atoms with Gasteiger partial charge >= 0.3 is 6.03 Å². The minimum Gasteiger partial charge on any atom is -0.378 e. The number of amides is 2. The van der Waals surface area contributed by atoms with Crippen LogP contribution in [-0.2, 0) is 14.6 Å². The van der Waals surface area contributed by atoms with Crippen molar-refractivity contribution >= 4 is 15.9 Å². The van der Waals surface area contributed by atoms with Gasteiger partial charge in [-0.25, -0.2) is 13.2 Å². The van der Waals surface area contributed by atoms with Gasteiger partial charge in [0.2, 0.25) is 0 Å². The van der Waals surface area contributed by atoms with E-state index in [2.05, 4.69) is 5.32 Å². The Morgan fingerprint density at radius 1 is 1.32 bits per heavy atom. The Morgan fingerprint density at radius 2 is 2.00 bits per heavy atom. The molecule has 2 saturated heterocycles. The second kappa shape index (κ2) is 7.64. The van der Waals surface area contributed by atoms with E-state index in [1.165, 1.54) is 0 Å². The molecule has 2 heterocycles. The van der Waals surface area contributed by atoms with E-state index < -0.39 is 9.84 Å². The molecule has 0 saturated carbocycles. The Bertz CT molecular complexity index is 466. The first kappa shape index (κ1) is 17.5. The maximum absolute atomic E-state index is 12.2. The summed E-state index contributed by atoms with van der Waals surface area (Å²) < 4.78 is 28.9. The van der Waals surface area contributed by atoms with Gasteiger partial charge in [0.15, 0.2) is 9.84 Å². The van der Waals surface area contributed by atoms with Crippen LogP contribution in [0.15, 0.2) is 0 Å². The van der Waals surface area contributed by atoms with Gasteiger partial charge < -0.3 is 15.0 Å². The van der Waals surface area contributed by atoms with Crippen LogP contribution in [0.1, 0.15) is 39.5 Å². The molecule has 2 fully saturated rings. The van der Waals surface area contributed by atoms with Gasteiger partial charge in [0, 0.05) is 31.5 Å². The zero-order chi connectivity index (χ0) is 16.2. The van der Waals surface area contributed by atoms with E-state index in [1.54, 1.807) is 18.7 Å². The molecule has 2 atom stereocenters. The zero-order valence-corrected chi connectivity index (χ0v) is 14.4. The van der Waals surface area contributed by atoms with E-state index in [4.69, 9.17) is 4.74 Å². The maximum Gasteiger partial charge on any atom is 0.317 e. The molecule has 2 rings (SSSR count). The van der Waals surface area contributed by atoms with Crippen molar-refractivity contribution in [3.05, 3.63) is 0 Å². The summed E-state index contributed by atoms with van der Waals surface area (Å²) in [5.41, 5.74) is 0. The monoisotopic (exact) mass is 332 g/mol. The van der Waals surface area contributed by atoms with Gasteiger partial charge in [-0.1, -0.05) is 6.92 Å². The first-order valence-electron chi connectivity index (χ1n) is 8.28. The minimum atomic E-state index is -3.06. The molecule has 22 heavy (non-hydrogen) atoms. The molecule has 0 bridgehead atoms. The van der Waals surface area contributed by atoms with Crippen LogP contribution >= 0.6 is 0 Å². The maximum atomic E-state index is 12.2. The largest absolute Gasteiger partial charge is 0.378 e.